The molecule has 29 heavy (non-hydrogen) atoms. The van der Waals surface area contributed by atoms with Gasteiger partial charge in [0.25, 0.3) is 0 Å². The molecule has 3 heteroatoms. The first kappa shape index (κ1) is 18.7. The van der Waals surface area contributed by atoms with E-state index >= 15 is 0 Å². The van der Waals surface area contributed by atoms with Gasteiger partial charge in [-0.25, -0.2) is 0 Å². The van der Waals surface area contributed by atoms with Crippen LogP contribution in [0, 0.1) is 5.92 Å². The van der Waals surface area contributed by atoms with Gasteiger partial charge in [0, 0.05) is 0 Å². The number of fused-ring (bicyclic) bond motifs is 3. The molecule has 0 fully saturated rings. The number of hydrogen-bond donors (Lipinski definition) is 0. The minimum atomic E-state index is -2.02. The van der Waals surface area contributed by atoms with Crippen LogP contribution in [-0.2, 0) is 6.42 Å². The molecule has 0 bridgehead atoms. The number of pyridine rings is 1. The van der Waals surface area contributed by atoms with E-state index in [1.165, 1.54) is 31.5 Å². The summed E-state index contributed by atoms with van der Waals surface area (Å²) in [6.45, 7) is 4.54. The fourth-order valence-corrected chi connectivity index (χ4v) is 7.98. The molecule has 0 saturated carbocycles. The first-order valence-corrected chi connectivity index (χ1v) is 17.8. The predicted octanol–water partition coefficient (Wildman–Crippen LogP) is 6.90. The third-order valence-corrected chi connectivity index (χ3v) is 10.2. The average Bonchev–Trinajstić information content (AvgIpc) is 2.67. The third-order valence-electron chi connectivity index (χ3n) is 5.88. The third kappa shape index (κ3) is 2.96. The van der Waals surface area contributed by atoms with Crippen molar-refractivity contribution in [3.8, 4) is 22.8 Å². The Balaban J connectivity index is 1.88. The number of ether oxygens (including phenoxy) is 1. The quantitative estimate of drug-likeness (QED) is 0.284. The Labute approximate surface area is 175 Å². The Kier molecular flexibility index (Phi) is 4.25. The molecular formula is C26H27GeNO. The monoisotopic (exact) mass is 443 g/mol. The summed E-state index contributed by atoms with van der Waals surface area (Å²) in [6.07, 6.45) is 2.97. The van der Waals surface area contributed by atoms with Gasteiger partial charge in [0.15, 0.2) is 0 Å². The van der Waals surface area contributed by atoms with E-state index < -0.39 is 13.3 Å². The van der Waals surface area contributed by atoms with Crippen molar-refractivity contribution in [1.29, 1.82) is 0 Å². The van der Waals surface area contributed by atoms with Gasteiger partial charge < -0.3 is 0 Å². The van der Waals surface area contributed by atoms with Crippen molar-refractivity contribution in [2.75, 3.05) is 0 Å². The van der Waals surface area contributed by atoms with Crippen molar-refractivity contribution in [1.82, 2.24) is 4.98 Å². The fourth-order valence-electron chi connectivity index (χ4n) is 4.63. The Hall–Kier alpha value is -2.33. The molecule has 1 aliphatic heterocycles. The number of nitrogens with zero attached hydrogens (tertiary/aromatic N) is 1. The molecule has 3 aromatic carbocycles. The molecule has 0 aliphatic carbocycles. The molecule has 0 spiro atoms. The number of benzene rings is 3. The van der Waals surface area contributed by atoms with Crippen molar-refractivity contribution in [3.63, 3.8) is 0 Å². The molecule has 0 unspecified atom stereocenters. The van der Waals surface area contributed by atoms with Gasteiger partial charge in [0.2, 0.25) is 0 Å². The summed E-state index contributed by atoms with van der Waals surface area (Å²) in [4.78, 5) is 4.87. The van der Waals surface area contributed by atoms with Crippen LogP contribution in [0.5, 0.6) is 11.5 Å². The zero-order valence-electron chi connectivity index (χ0n) is 17.8. The van der Waals surface area contributed by atoms with E-state index in [0.29, 0.717) is 5.92 Å². The molecule has 2 nitrogen and oxygen atoms in total. The van der Waals surface area contributed by atoms with Crippen LogP contribution in [0.1, 0.15) is 19.4 Å². The van der Waals surface area contributed by atoms with Gasteiger partial charge in [0.1, 0.15) is 0 Å². The van der Waals surface area contributed by atoms with E-state index in [9.17, 15) is 0 Å². The first-order valence-electron chi connectivity index (χ1n) is 10.5. The molecule has 0 saturated heterocycles. The molecule has 146 valence electrons. The van der Waals surface area contributed by atoms with Crippen molar-refractivity contribution in [3.05, 3.63) is 60.3 Å². The summed E-state index contributed by atoms with van der Waals surface area (Å²) in [5.41, 5.74) is 3.51. The maximum atomic E-state index is 6.64. The van der Waals surface area contributed by atoms with Gasteiger partial charge in [0.05, 0.1) is 0 Å². The Morgan fingerprint density at radius 1 is 0.966 bits per heavy atom. The fraction of sp³-hybridized carbons (Fsp3) is 0.269. The van der Waals surface area contributed by atoms with E-state index in [1.807, 2.05) is 6.20 Å². The zero-order valence-corrected chi connectivity index (χ0v) is 19.9. The summed E-state index contributed by atoms with van der Waals surface area (Å²) in [7, 11) is 0. The minimum absolute atomic E-state index is 0.551. The van der Waals surface area contributed by atoms with E-state index in [0.717, 1.165) is 29.2 Å². The van der Waals surface area contributed by atoms with Crippen LogP contribution in [0.3, 0.4) is 0 Å². The van der Waals surface area contributed by atoms with Gasteiger partial charge in [-0.1, -0.05) is 0 Å². The van der Waals surface area contributed by atoms with Crippen molar-refractivity contribution in [2.45, 2.75) is 37.5 Å². The van der Waals surface area contributed by atoms with E-state index in [4.69, 9.17) is 9.72 Å². The van der Waals surface area contributed by atoms with Crippen LogP contribution >= 0.6 is 0 Å². The normalized spacial score (nSPS) is 13.0. The molecule has 0 atom stereocenters. The van der Waals surface area contributed by atoms with Gasteiger partial charge >= 0.3 is 175 Å². The van der Waals surface area contributed by atoms with Gasteiger partial charge in [-0.3, -0.25) is 0 Å². The first-order chi connectivity index (χ1) is 13.8. The summed E-state index contributed by atoms with van der Waals surface area (Å²) in [6, 6.07) is 17.6. The van der Waals surface area contributed by atoms with E-state index in [1.54, 1.807) is 0 Å². The van der Waals surface area contributed by atoms with Gasteiger partial charge in [-0.2, -0.15) is 0 Å². The molecular weight excluding hydrogens is 415 g/mol. The van der Waals surface area contributed by atoms with Crippen LogP contribution in [0.4, 0.5) is 0 Å². The van der Waals surface area contributed by atoms with Crippen molar-refractivity contribution >= 4 is 39.2 Å². The Bertz CT molecular complexity index is 1270. The molecule has 4 aromatic rings. The van der Waals surface area contributed by atoms with Gasteiger partial charge in [-0.15, -0.1) is 0 Å². The molecule has 0 N–H and O–H groups in total. The standard InChI is InChI=1S/C26H27GeNO/c1-16(2)14-20-18-9-7-6-8-17(18)15-21-25-24-19(12-13-28-25)22(27(3,4)5)10-11-23(24)29-26(20)21/h6-13,15-16H,14H2,1-5H3. The molecule has 1 aromatic heterocycles. The average molecular weight is 442 g/mol. The zero-order chi connectivity index (χ0) is 20.3. The second-order valence-corrected chi connectivity index (χ2v) is 20.2. The number of hydrogen-bond acceptors (Lipinski definition) is 2. The number of aromatic nitrogens is 1. The summed E-state index contributed by atoms with van der Waals surface area (Å²) in [5, 5.41) is 5.06. The van der Waals surface area contributed by atoms with Crippen molar-refractivity contribution in [2.24, 2.45) is 5.92 Å². The van der Waals surface area contributed by atoms with Crippen LogP contribution in [0.25, 0.3) is 32.8 Å². The van der Waals surface area contributed by atoms with Crippen LogP contribution in [0.15, 0.2) is 54.7 Å². The Morgan fingerprint density at radius 2 is 1.76 bits per heavy atom. The SMILES string of the molecule is CC(C)Cc1c2c(cc3ccccc13)-c1nccc3[c]([Ge]([CH3])([CH3])[CH3])ccc(c13)O2. The molecule has 0 radical (unpaired) electrons. The predicted molar refractivity (Wildman–Crippen MR) is 126 cm³/mol. The number of rotatable bonds is 3. The maximum absolute atomic E-state index is 6.64. The van der Waals surface area contributed by atoms with Crippen LogP contribution < -0.4 is 9.13 Å². The second-order valence-electron chi connectivity index (χ2n) is 9.60. The molecule has 2 heterocycles. The molecule has 1 aliphatic rings. The summed E-state index contributed by atoms with van der Waals surface area (Å²) in [5.74, 6) is 9.84. The van der Waals surface area contributed by atoms with E-state index in [-0.39, 0.29) is 0 Å². The van der Waals surface area contributed by atoms with E-state index in [2.05, 4.69) is 79.6 Å². The molecule has 0 amide bonds. The van der Waals surface area contributed by atoms with Gasteiger partial charge in [-0.05, 0) is 0 Å². The summed E-state index contributed by atoms with van der Waals surface area (Å²) >= 11 is -2.02. The van der Waals surface area contributed by atoms with Crippen LogP contribution in [0.2, 0.25) is 17.3 Å². The summed E-state index contributed by atoms with van der Waals surface area (Å²) < 4.78 is 8.15. The second kappa shape index (κ2) is 6.60. The topological polar surface area (TPSA) is 22.1 Å². The Morgan fingerprint density at radius 3 is 2.52 bits per heavy atom. The van der Waals surface area contributed by atoms with Crippen LogP contribution in [-0.4, -0.2) is 18.3 Å². The van der Waals surface area contributed by atoms with Crippen molar-refractivity contribution < 1.29 is 4.74 Å². The molecule has 5 rings (SSSR count).